The highest BCUT2D eigenvalue weighted by molar-refractivity contribution is 5.02. The first kappa shape index (κ1) is 12.4. The Bertz CT molecular complexity index is 223. The predicted molar refractivity (Wildman–Crippen MR) is 67.6 cm³/mol. The van der Waals surface area contributed by atoms with Crippen LogP contribution in [0.15, 0.2) is 0 Å². The van der Waals surface area contributed by atoms with Gasteiger partial charge in [-0.05, 0) is 43.9 Å². The highest BCUT2D eigenvalue weighted by Crippen LogP contribution is 2.42. The first-order chi connectivity index (χ1) is 7.62. The van der Waals surface area contributed by atoms with Crippen molar-refractivity contribution < 1.29 is 4.74 Å². The van der Waals surface area contributed by atoms with E-state index in [1.165, 1.54) is 32.1 Å². The number of hydrogen-bond acceptors (Lipinski definition) is 2. The van der Waals surface area contributed by atoms with Crippen molar-refractivity contribution in [1.82, 2.24) is 5.32 Å². The Balaban J connectivity index is 1.86. The van der Waals surface area contributed by atoms with E-state index in [1.54, 1.807) is 0 Å². The zero-order valence-corrected chi connectivity index (χ0v) is 11.1. The van der Waals surface area contributed by atoms with Crippen LogP contribution in [-0.2, 0) is 4.74 Å². The van der Waals surface area contributed by atoms with E-state index < -0.39 is 0 Å². The van der Waals surface area contributed by atoms with Crippen LogP contribution in [-0.4, -0.2) is 24.8 Å². The van der Waals surface area contributed by atoms with Gasteiger partial charge in [0.05, 0.1) is 12.2 Å². The first-order valence-corrected chi connectivity index (χ1v) is 7.00. The van der Waals surface area contributed by atoms with Gasteiger partial charge in [-0.1, -0.05) is 20.8 Å². The second-order valence-corrected chi connectivity index (χ2v) is 6.24. The largest absolute Gasteiger partial charge is 0.372 e. The average Bonchev–Trinajstić information content (AvgIpc) is 2.14. The van der Waals surface area contributed by atoms with E-state index in [4.69, 9.17) is 4.74 Å². The van der Waals surface area contributed by atoms with Crippen LogP contribution >= 0.6 is 0 Å². The van der Waals surface area contributed by atoms with Gasteiger partial charge in [0.1, 0.15) is 0 Å². The van der Waals surface area contributed by atoms with Crippen molar-refractivity contribution in [1.29, 1.82) is 0 Å². The van der Waals surface area contributed by atoms with Crippen molar-refractivity contribution in [3.63, 3.8) is 0 Å². The monoisotopic (exact) mass is 225 g/mol. The minimum atomic E-state index is 0.226. The molecule has 1 heterocycles. The van der Waals surface area contributed by atoms with Crippen molar-refractivity contribution in [2.24, 2.45) is 11.8 Å². The van der Waals surface area contributed by atoms with Crippen molar-refractivity contribution >= 4 is 0 Å². The number of hydrogen-bond donors (Lipinski definition) is 1. The average molecular weight is 225 g/mol. The first-order valence-electron chi connectivity index (χ1n) is 7.00. The predicted octanol–water partition coefficient (Wildman–Crippen LogP) is 2.97. The maximum atomic E-state index is 6.06. The Morgan fingerprint density at radius 1 is 1.31 bits per heavy atom. The number of rotatable bonds is 4. The molecule has 2 atom stereocenters. The molecular formula is C14H27NO. The number of ether oxygens (including phenoxy) is 1. The second-order valence-electron chi connectivity index (χ2n) is 6.24. The van der Waals surface area contributed by atoms with E-state index in [9.17, 15) is 0 Å². The Hall–Kier alpha value is -0.0800. The summed E-state index contributed by atoms with van der Waals surface area (Å²) >= 11 is 0. The van der Waals surface area contributed by atoms with Gasteiger partial charge in [0, 0.05) is 12.6 Å². The third-order valence-corrected chi connectivity index (χ3v) is 4.23. The second kappa shape index (κ2) is 5.05. The van der Waals surface area contributed by atoms with Crippen molar-refractivity contribution in [2.45, 2.75) is 64.5 Å². The summed E-state index contributed by atoms with van der Waals surface area (Å²) in [6.07, 6.45) is 6.54. The van der Waals surface area contributed by atoms with E-state index in [1.807, 2.05) is 0 Å². The minimum absolute atomic E-state index is 0.226. The van der Waals surface area contributed by atoms with Crippen LogP contribution in [0.25, 0.3) is 0 Å². The Morgan fingerprint density at radius 3 is 2.62 bits per heavy atom. The van der Waals surface area contributed by atoms with E-state index in [2.05, 4.69) is 26.1 Å². The third kappa shape index (κ3) is 2.60. The summed E-state index contributed by atoms with van der Waals surface area (Å²) in [6.45, 7) is 8.99. The molecule has 1 aliphatic carbocycles. The fourth-order valence-corrected chi connectivity index (χ4v) is 3.39. The lowest BCUT2D eigenvalue weighted by Gasteiger charge is -2.51. The van der Waals surface area contributed by atoms with Gasteiger partial charge in [0.25, 0.3) is 0 Å². The normalized spacial score (nSPS) is 30.4. The van der Waals surface area contributed by atoms with Crippen LogP contribution in [0, 0.1) is 11.8 Å². The smallest absolute Gasteiger partial charge is 0.0835 e. The molecule has 0 radical (unpaired) electrons. The van der Waals surface area contributed by atoms with Gasteiger partial charge in [0.2, 0.25) is 0 Å². The SMILES string of the molecule is CC(C)CC(C)CC1NCCOC12CCC2. The summed E-state index contributed by atoms with van der Waals surface area (Å²) < 4.78 is 6.06. The van der Waals surface area contributed by atoms with Crippen molar-refractivity contribution in [3.05, 3.63) is 0 Å². The topological polar surface area (TPSA) is 21.3 Å². The lowest BCUT2D eigenvalue weighted by Crippen LogP contribution is -2.61. The van der Waals surface area contributed by atoms with E-state index in [0.29, 0.717) is 6.04 Å². The molecule has 2 unspecified atom stereocenters. The summed E-state index contributed by atoms with van der Waals surface area (Å²) in [4.78, 5) is 0. The molecule has 2 aliphatic rings. The molecular weight excluding hydrogens is 198 g/mol. The molecule has 2 rings (SSSR count). The molecule has 1 N–H and O–H groups in total. The standard InChI is InChI=1S/C14H27NO/c1-11(2)9-12(3)10-13-14(5-4-6-14)16-8-7-15-13/h11-13,15H,4-10H2,1-3H3. The van der Waals surface area contributed by atoms with Crippen LogP contribution in [0.1, 0.15) is 52.9 Å². The van der Waals surface area contributed by atoms with Gasteiger partial charge in [-0.25, -0.2) is 0 Å². The molecule has 94 valence electrons. The molecule has 1 spiro atoms. The molecule has 0 aromatic rings. The summed E-state index contributed by atoms with van der Waals surface area (Å²) in [7, 11) is 0. The van der Waals surface area contributed by atoms with Gasteiger partial charge in [-0.2, -0.15) is 0 Å². The Kier molecular flexibility index (Phi) is 3.91. The highest BCUT2D eigenvalue weighted by atomic mass is 16.5. The number of morpholine rings is 1. The molecule has 2 heteroatoms. The zero-order valence-electron chi connectivity index (χ0n) is 11.1. The Labute approximate surface area is 100 Å². The zero-order chi connectivity index (χ0) is 11.6. The van der Waals surface area contributed by atoms with Crippen molar-refractivity contribution in [2.75, 3.05) is 13.2 Å². The fraction of sp³-hybridized carbons (Fsp3) is 1.00. The maximum absolute atomic E-state index is 6.06. The van der Waals surface area contributed by atoms with Crippen LogP contribution in [0.5, 0.6) is 0 Å². The molecule has 1 saturated carbocycles. The van der Waals surface area contributed by atoms with Crippen LogP contribution in [0.4, 0.5) is 0 Å². The lowest BCUT2D eigenvalue weighted by atomic mass is 9.71. The summed E-state index contributed by atoms with van der Waals surface area (Å²) in [5, 5.41) is 3.69. The number of nitrogens with one attached hydrogen (secondary N) is 1. The molecule has 0 amide bonds. The summed E-state index contributed by atoms with van der Waals surface area (Å²) in [5.41, 5.74) is 0.226. The molecule has 1 saturated heterocycles. The van der Waals surface area contributed by atoms with Crippen LogP contribution < -0.4 is 5.32 Å². The highest BCUT2D eigenvalue weighted by Gasteiger charge is 2.46. The molecule has 0 aromatic carbocycles. The minimum Gasteiger partial charge on any atom is -0.372 e. The summed E-state index contributed by atoms with van der Waals surface area (Å²) in [5.74, 6) is 1.63. The van der Waals surface area contributed by atoms with Crippen molar-refractivity contribution in [3.8, 4) is 0 Å². The quantitative estimate of drug-likeness (QED) is 0.794. The molecule has 1 aliphatic heterocycles. The summed E-state index contributed by atoms with van der Waals surface area (Å²) in [6, 6.07) is 0.615. The van der Waals surface area contributed by atoms with Crippen LogP contribution in [0.3, 0.4) is 0 Å². The molecule has 2 nitrogen and oxygen atoms in total. The fourth-order valence-electron chi connectivity index (χ4n) is 3.39. The van der Waals surface area contributed by atoms with E-state index >= 15 is 0 Å². The van der Waals surface area contributed by atoms with Gasteiger partial charge in [0.15, 0.2) is 0 Å². The Morgan fingerprint density at radius 2 is 2.06 bits per heavy atom. The lowest BCUT2D eigenvalue weighted by molar-refractivity contribution is -0.148. The van der Waals surface area contributed by atoms with Gasteiger partial charge in [-0.15, -0.1) is 0 Å². The maximum Gasteiger partial charge on any atom is 0.0835 e. The molecule has 2 fully saturated rings. The van der Waals surface area contributed by atoms with E-state index in [0.717, 1.165) is 25.0 Å². The van der Waals surface area contributed by atoms with Gasteiger partial charge < -0.3 is 10.1 Å². The molecule has 0 bridgehead atoms. The third-order valence-electron chi connectivity index (χ3n) is 4.23. The van der Waals surface area contributed by atoms with Gasteiger partial charge in [-0.3, -0.25) is 0 Å². The van der Waals surface area contributed by atoms with Crippen LogP contribution in [0.2, 0.25) is 0 Å². The van der Waals surface area contributed by atoms with E-state index in [-0.39, 0.29) is 5.60 Å². The van der Waals surface area contributed by atoms with Gasteiger partial charge >= 0.3 is 0 Å². The molecule has 0 aromatic heterocycles. The molecule has 16 heavy (non-hydrogen) atoms.